The van der Waals surface area contributed by atoms with Crippen LogP contribution in [-0.4, -0.2) is 11.9 Å². The summed E-state index contributed by atoms with van der Waals surface area (Å²) in [5.41, 5.74) is 2.12. The normalized spacial score (nSPS) is 17.5. The van der Waals surface area contributed by atoms with Gasteiger partial charge in [0.15, 0.2) is 0 Å². The number of hydrogen-bond donors (Lipinski definition) is 1. The van der Waals surface area contributed by atoms with Gasteiger partial charge in [-0.05, 0) is 19.1 Å². The molecule has 0 aromatic heterocycles. The van der Waals surface area contributed by atoms with Crippen molar-refractivity contribution in [1.29, 1.82) is 0 Å². The van der Waals surface area contributed by atoms with Gasteiger partial charge in [0.05, 0.1) is 11.4 Å². The van der Waals surface area contributed by atoms with Crippen molar-refractivity contribution < 1.29 is 0 Å². The van der Waals surface area contributed by atoms with Crippen LogP contribution in [0.2, 0.25) is 0 Å². The summed E-state index contributed by atoms with van der Waals surface area (Å²) in [6, 6.07) is 0. The monoisotopic (exact) mass is 162 g/mol. The molecule has 0 amide bonds. The van der Waals surface area contributed by atoms with Crippen molar-refractivity contribution in [2.75, 3.05) is 7.05 Å². The smallest absolute Gasteiger partial charge is 0.103 e. The van der Waals surface area contributed by atoms with Crippen LogP contribution in [0.1, 0.15) is 6.92 Å². The Morgan fingerprint density at radius 1 is 1.50 bits per heavy atom. The Labute approximate surface area is 73.6 Å². The molecular weight excluding hydrogens is 148 g/mol. The van der Waals surface area contributed by atoms with E-state index in [0.29, 0.717) is 0 Å². The van der Waals surface area contributed by atoms with Crippen LogP contribution in [0.15, 0.2) is 48.6 Å². The lowest BCUT2D eigenvalue weighted by Gasteiger charge is -2.12. The molecule has 1 heterocycles. The second kappa shape index (κ2) is 3.30. The third-order valence-electron chi connectivity index (χ3n) is 1.85. The molecule has 1 N–H and O–H groups in total. The highest BCUT2D eigenvalue weighted by atomic mass is 15.3. The molecule has 2 heteroatoms. The molecule has 0 saturated carbocycles. The molecule has 0 aliphatic carbocycles. The van der Waals surface area contributed by atoms with Crippen molar-refractivity contribution in [3.8, 4) is 0 Å². The minimum Gasteiger partial charge on any atom is -0.340 e. The molecule has 0 spiro atoms. The zero-order chi connectivity index (χ0) is 9.14. The highest BCUT2D eigenvalue weighted by Gasteiger charge is 2.17. The Balaban J connectivity index is 3.02. The molecule has 64 valence electrons. The maximum atomic E-state index is 3.86. The lowest BCUT2D eigenvalue weighted by molar-refractivity contribution is 0.546. The molecule has 1 aliphatic heterocycles. The summed E-state index contributed by atoms with van der Waals surface area (Å²) in [6.07, 6.45) is 5.82. The van der Waals surface area contributed by atoms with E-state index in [2.05, 4.69) is 18.5 Å². The highest BCUT2D eigenvalue weighted by molar-refractivity contribution is 5.38. The van der Waals surface area contributed by atoms with Crippen LogP contribution in [0.3, 0.4) is 0 Å². The second-order valence-electron chi connectivity index (χ2n) is 2.63. The van der Waals surface area contributed by atoms with E-state index in [1.807, 2.05) is 31.0 Å². The van der Waals surface area contributed by atoms with Crippen molar-refractivity contribution in [3.05, 3.63) is 48.6 Å². The first-order chi connectivity index (χ1) is 5.70. The lowest BCUT2D eigenvalue weighted by atomic mass is 10.3. The molecule has 0 atom stereocenters. The van der Waals surface area contributed by atoms with Gasteiger partial charge in [-0.15, -0.1) is 0 Å². The van der Waals surface area contributed by atoms with E-state index >= 15 is 0 Å². The summed E-state index contributed by atoms with van der Waals surface area (Å²) in [7, 11) is 1.97. The van der Waals surface area contributed by atoms with E-state index in [-0.39, 0.29) is 0 Å². The summed E-state index contributed by atoms with van der Waals surface area (Å²) < 4.78 is 0. The molecule has 0 aromatic rings. The number of nitrogens with one attached hydrogen (secondary N) is 1. The standard InChI is InChI=1S/C10H14N2/c1-5-7-10-9(6-2)11-8(3)12(10)4/h5-7,11H,2-3H2,1,4H3/b7-5-. The fourth-order valence-electron chi connectivity index (χ4n) is 1.14. The van der Waals surface area contributed by atoms with Crippen LogP contribution in [0, 0.1) is 0 Å². The first-order valence-electron chi connectivity index (χ1n) is 3.89. The fraction of sp³-hybridized carbons (Fsp3) is 0.200. The fourth-order valence-corrected chi connectivity index (χ4v) is 1.14. The number of rotatable bonds is 2. The molecule has 0 bridgehead atoms. The predicted octanol–water partition coefficient (Wildman–Crippen LogP) is 1.97. The van der Waals surface area contributed by atoms with Crippen molar-refractivity contribution in [1.82, 2.24) is 10.2 Å². The Morgan fingerprint density at radius 3 is 2.67 bits per heavy atom. The molecular formula is C10H14N2. The van der Waals surface area contributed by atoms with Gasteiger partial charge in [-0.25, -0.2) is 0 Å². The van der Waals surface area contributed by atoms with Crippen LogP contribution in [0.4, 0.5) is 0 Å². The molecule has 0 radical (unpaired) electrons. The lowest BCUT2D eigenvalue weighted by Crippen LogP contribution is -2.14. The van der Waals surface area contributed by atoms with E-state index in [9.17, 15) is 0 Å². The second-order valence-corrected chi connectivity index (χ2v) is 2.63. The average Bonchev–Trinajstić information content (AvgIpc) is 2.33. The third kappa shape index (κ3) is 1.28. The van der Waals surface area contributed by atoms with Gasteiger partial charge in [0.25, 0.3) is 0 Å². The molecule has 0 unspecified atom stereocenters. The van der Waals surface area contributed by atoms with Gasteiger partial charge in [0.1, 0.15) is 5.82 Å². The van der Waals surface area contributed by atoms with Gasteiger partial charge in [0, 0.05) is 7.05 Å². The van der Waals surface area contributed by atoms with Crippen LogP contribution >= 0.6 is 0 Å². The number of allylic oxidation sites excluding steroid dienone is 3. The molecule has 12 heavy (non-hydrogen) atoms. The minimum absolute atomic E-state index is 0.887. The summed E-state index contributed by atoms with van der Waals surface area (Å²) >= 11 is 0. The van der Waals surface area contributed by atoms with E-state index in [1.54, 1.807) is 6.08 Å². The first-order valence-corrected chi connectivity index (χ1v) is 3.89. The molecule has 0 fully saturated rings. The van der Waals surface area contributed by atoms with Crippen LogP contribution < -0.4 is 5.32 Å². The van der Waals surface area contributed by atoms with Gasteiger partial charge in [-0.2, -0.15) is 0 Å². The molecule has 1 rings (SSSR count). The average molecular weight is 162 g/mol. The highest BCUT2D eigenvalue weighted by Crippen LogP contribution is 2.20. The quantitative estimate of drug-likeness (QED) is 0.667. The van der Waals surface area contributed by atoms with Crippen LogP contribution in [0.25, 0.3) is 0 Å². The first kappa shape index (κ1) is 8.65. The predicted molar refractivity (Wildman–Crippen MR) is 52.1 cm³/mol. The van der Waals surface area contributed by atoms with Crippen LogP contribution in [-0.2, 0) is 0 Å². The number of nitrogens with zero attached hydrogens (tertiary/aromatic N) is 1. The Hall–Kier alpha value is -1.44. The van der Waals surface area contributed by atoms with E-state index < -0.39 is 0 Å². The van der Waals surface area contributed by atoms with E-state index in [1.165, 1.54) is 0 Å². The minimum atomic E-state index is 0.887. The number of likely N-dealkylation sites (N-methyl/N-ethyl adjacent to an activating group) is 1. The van der Waals surface area contributed by atoms with Gasteiger partial charge < -0.3 is 10.2 Å². The molecule has 0 saturated heterocycles. The maximum absolute atomic E-state index is 3.86. The third-order valence-corrected chi connectivity index (χ3v) is 1.85. The van der Waals surface area contributed by atoms with Crippen molar-refractivity contribution in [3.63, 3.8) is 0 Å². The molecule has 0 aromatic carbocycles. The SMILES string of the molecule is C=CC1=C(/C=C\C)N(C)C(=C)N1. The summed E-state index contributed by atoms with van der Waals surface area (Å²) in [4.78, 5) is 2.00. The zero-order valence-electron chi connectivity index (χ0n) is 7.59. The Morgan fingerprint density at radius 2 is 2.17 bits per heavy atom. The summed E-state index contributed by atoms with van der Waals surface area (Å²) in [5, 5.41) is 3.13. The number of hydrogen-bond acceptors (Lipinski definition) is 2. The maximum Gasteiger partial charge on any atom is 0.103 e. The molecule has 1 aliphatic rings. The van der Waals surface area contributed by atoms with E-state index in [0.717, 1.165) is 17.2 Å². The van der Waals surface area contributed by atoms with Crippen molar-refractivity contribution >= 4 is 0 Å². The molecule has 2 nitrogen and oxygen atoms in total. The van der Waals surface area contributed by atoms with E-state index in [4.69, 9.17) is 0 Å². The van der Waals surface area contributed by atoms with Gasteiger partial charge in [-0.3, -0.25) is 0 Å². The Kier molecular flexibility index (Phi) is 2.38. The summed E-state index contributed by atoms with van der Waals surface area (Å²) in [6.45, 7) is 9.57. The van der Waals surface area contributed by atoms with Crippen molar-refractivity contribution in [2.45, 2.75) is 6.92 Å². The Bertz CT molecular complexity index is 272. The largest absolute Gasteiger partial charge is 0.340 e. The van der Waals surface area contributed by atoms with Gasteiger partial charge in [-0.1, -0.05) is 19.2 Å². The van der Waals surface area contributed by atoms with Gasteiger partial charge >= 0.3 is 0 Å². The zero-order valence-corrected chi connectivity index (χ0v) is 7.59. The van der Waals surface area contributed by atoms with Crippen molar-refractivity contribution in [2.24, 2.45) is 0 Å². The van der Waals surface area contributed by atoms with Crippen LogP contribution in [0.5, 0.6) is 0 Å². The van der Waals surface area contributed by atoms with Gasteiger partial charge in [0.2, 0.25) is 0 Å². The topological polar surface area (TPSA) is 15.3 Å². The summed E-state index contributed by atoms with van der Waals surface area (Å²) in [5.74, 6) is 0.887.